The Hall–Kier alpha value is -1.45. The molecule has 0 saturated carbocycles. The van der Waals surface area contributed by atoms with Gasteiger partial charge in [-0.1, -0.05) is 0 Å². The van der Waals surface area contributed by atoms with Gasteiger partial charge in [-0.3, -0.25) is 4.79 Å². The average molecular weight is 315 g/mol. The fourth-order valence-corrected chi connectivity index (χ4v) is 3.97. The van der Waals surface area contributed by atoms with Gasteiger partial charge in [-0.25, -0.2) is 13.4 Å². The third-order valence-electron chi connectivity index (χ3n) is 3.54. The summed E-state index contributed by atoms with van der Waals surface area (Å²) in [7, 11) is -3.82. The van der Waals surface area contributed by atoms with E-state index in [1.165, 1.54) is 16.8 Å². The van der Waals surface area contributed by atoms with Crippen molar-refractivity contribution in [1.82, 2.24) is 19.2 Å². The molecule has 0 aliphatic carbocycles. The zero-order valence-corrected chi connectivity index (χ0v) is 12.8. The van der Waals surface area contributed by atoms with Crippen LogP contribution in [0.5, 0.6) is 0 Å². The highest BCUT2D eigenvalue weighted by atomic mass is 32.2. The summed E-state index contributed by atoms with van der Waals surface area (Å²) >= 11 is 0. The van der Waals surface area contributed by atoms with E-state index in [4.69, 9.17) is 5.73 Å². The molecular weight excluding hydrogens is 294 g/mol. The van der Waals surface area contributed by atoms with Crippen molar-refractivity contribution in [2.24, 2.45) is 5.73 Å². The van der Waals surface area contributed by atoms with E-state index in [0.29, 0.717) is 19.5 Å². The molecule has 2 rings (SSSR count). The number of piperidine rings is 1. The average Bonchev–Trinajstić information content (AvgIpc) is 2.95. The van der Waals surface area contributed by atoms with E-state index < -0.39 is 15.9 Å². The van der Waals surface area contributed by atoms with Crippen LogP contribution in [0.25, 0.3) is 0 Å². The molecule has 1 saturated heterocycles. The van der Waals surface area contributed by atoms with Gasteiger partial charge in [-0.05, 0) is 26.3 Å². The predicted molar refractivity (Wildman–Crippen MR) is 76.9 cm³/mol. The lowest BCUT2D eigenvalue weighted by Crippen LogP contribution is -2.51. The highest BCUT2D eigenvalue weighted by molar-refractivity contribution is 7.89. The van der Waals surface area contributed by atoms with Gasteiger partial charge in [0.05, 0.1) is 12.9 Å². The molecule has 1 aliphatic heterocycles. The maximum absolute atomic E-state index is 12.7. The van der Waals surface area contributed by atoms with Crippen LogP contribution in [-0.2, 0) is 21.4 Å². The number of imidazole rings is 1. The highest BCUT2D eigenvalue weighted by Gasteiger charge is 2.34. The number of aromatic nitrogens is 2. The molecule has 8 nitrogen and oxygen atoms in total. The van der Waals surface area contributed by atoms with Crippen molar-refractivity contribution in [3.8, 4) is 0 Å². The lowest BCUT2D eigenvalue weighted by molar-refractivity contribution is -0.118. The van der Waals surface area contributed by atoms with Gasteiger partial charge < -0.3 is 15.6 Å². The van der Waals surface area contributed by atoms with Crippen LogP contribution >= 0.6 is 0 Å². The van der Waals surface area contributed by atoms with Crippen molar-refractivity contribution in [2.45, 2.75) is 37.4 Å². The van der Waals surface area contributed by atoms with Gasteiger partial charge in [0.1, 0.15) is 0 Å². The number of aryl methyl sites for hydroxylation is 1. The molecule has 1 unspecified atom stereocenters. The first-order chi connectivity index (χ1) is 9.95. The first-order valence-corrected chi connectivity index (χ1v) is 8.41. The SMILES string of the molecule is CCn1cnc(S(=O)(=O)N(CC(N)=O)C2CCCNC2)c1. The van der Waals surface area contributed by atoms with Crippen LogP contribution in [0.4, 0.5) is 0 Å². The van der Waals surface area contributed by atoms with Crippen molar-refractivity contribution >= 4 is 15.9 Å². The molecule has 9 heteroatoms. The van der Waals surface area contributed by atoms with E-state index in [9.17, 15) is 13.2 Å². The Kier molecular flexibility index (Phi) is 4.96. The minimum absolute atomic E-state index is 0.0452. The second-order valence-electron chi connectivity index (χ2n) is 5.06. The van der Waals surface area contributed by atoms with E-state index in [1.807, 2.05) is 6.92 Å². The zero-order valence-electron chi connectivity index (χ0n) is 12.0. The molecule has 21 heavy (non-hydrogen) atoms. The van der Waals surface area contributed by atoms with Gasteiger partial charge in [0.15, 0.2) is 5.03 Å². The summed E-state index contributed by atoms with van der Waals surface area (Å²) < 4.78 is 28.3. The number of rotatable bonds is 6. The number of sulfonamides is 1. The number of nitrogens with two attached hydrogens (primary N) is 1. The Bertz CT molecular complexity index is 592. The van der Waals surface area contributed by atoms with Crippen LogP contribution in [0.3, 0.4) is 0 Å². The number of amides is 1. The Morgan fingerprint density at radius 3 is 2.90 bits per heavy atom. The summed E-state index contributed by atoms with van der Waals surface area (Å²) in [5.74, 6) is -0.668. The van der Waals surface area contributed by atoms with Gasteiger partial charge in [-0.15, -0.1) is 0 Å². The van der Waals surface area contributed by atoms with Gasteiger partial charge >= 0.3 is 0 Å². The Morgan fingerprint density at radius 1 is 1.62 bits per heavy atom. The van der Waals surface area contributed by atoms with Gasteiger partial charge in [0, 0.05) is 25.3 Å². The van der Waals surface area contributed by atoms with Gasteiger partial charge in [0.25, 0.3) is 10.0 Å². The number of carbonyl (C=O) groups is 1. The van der Waals surface area contributed by atoms with E-state index in [-0.39, 0.29) is 17.6 Å². The second-order valence-corrected chi connectivity index (χ2v) is 6.90. The van der Waals surface area contributed by atoms with E-state index >= 15 is 0 Å². The molecule has 1 aromatic rings. The molecular formula is C12H21N5O3S. The Balaban J connectivity index is 2.31. The standard InChI is InChI=1S/C12H21N5O3S/c1-2-16-8-12(15-9-16)21(19,20)17(7-11(13)18)10-4-3-5-14-6-10/h8-10,14H,2-7H2,1H3,(H2,13,18). The fourth-order valence-electron chi connectivity index (χ4n) is 2.41. The summed E-state index contributed by atoms with van der Waals surface area (Å²) in [4.78, 5) is 15.2. The molecule has 2 heterocycles. The van der Waals surface area contributed by atoms with Crippen LogP contribution in [-0.4, -0.2) is 53.9 Å². The van der Waals surface area contributed by atoms with Gasteiger partial charge in [-0.2, -0.15) is 4.31 Å². The highest BCUT2D eigenvalue weighted by Crippen LogP contribution is 2.20. The molecule has 1 fully saturated rings. The van der Waals surface area contributed by atoms with Crippen LogP contribution in [0.1, 0.15) is 19.8 Å². The zero-order chi connectivity index (χ0) is 15.5. The molecule has 0 radical (unpaired) electrons. The third kappa shape index (κ3) is 3.60. The van der Waals surface area contributed by atoms with Crippen LogP contribution in [0.15, 0.2) is 17.6 Å². The molecule has 1 amide bonds. The monoisotopic (exact) mass is 315 g/mol. The van der Waals surface area contributed by atoms with E-state index in [1.54, 1.807) is 4.57 Å². The minimum atomic E-state index is -3.82. The van der Waals surface area contributed by atoms with Crippen molar-refractivity contribution in [3.63, 3.8) is 0 Å². The first kappa shape index (κ1) is 15.9. The Morgan fingerprint density at radius 2 is 2.38 bits per heavy atom. The molecule has 0 aromatic carbocycles. The summed E-state index contributed by atoms with van der Waals surface area (Å²) in [5, 5.41) is 3.10. The summed E-state index contributed by atoms with van der Waals surface area (Å²) in [6.45, 7) is 3.56. The Labute approximate surface area is 124 Å². The molecule has 0 bridgehead atoms. The van der Waals surface area contributed by atoms with Crippen molar-refractivity contribution in [2.75, 3.05) is 19.6 Å². The predicted octanol–water partition coefficient (Wildman–Crippen LogP) is -0.869. The van der Waals surface area contributed by atoms with E-state index in [0.717, 1.165) is 13.0 Å². The smallest absolute Gasteiger partial charge is 0.262 e. The van der Waals surface area contributed by atoms with Crippen LogP contribution in [0.2, 0.25) is 0 Å². The number of hydrogen-bond acceptors (Lipinski definition) is 5. The normalized spacial score (nSPS) is 19.8. The fraction of sp³-hybridized carbons (Fsp3) is 0.667. The number of nitrogens with one attached hydrogen (secondary N) is 1. The van der Waals surface area contributed by atoms with Crippen molar-refractivity contribution in [3.05, 3.63) is 12.5 Å². The van der Waals surface area contributed by atoms with Gasteiger partial charge in [0.2, 0.25) is 5.91 Å². The van der Waals surface area contributed by atoms with E-state index in [2.05, 4.69) is 10.3 Å². The molecule has 3 N–H and O–H groups in total. The second kappa shape index (κ2) is 6.54. The van der Waals surface area contributed by atoms with Crippen LogP contribution < -0.4 is 11.1 Å². The van der Waals surface area contributed by atoms with Crippen LogP contribution in [0, 0.1) is 0 Å². The molecule has 0 spiro atoms. The lowest BCUT2D eigenvalue weighted by atomic mass is 10.1. The third-order valence-corrected chi connectivity index (χ3v) is 5.32. The van der Waals surface area contributed by atoms with Crippen molar-refractivity contribution in [1.29, 1.82) is 0 Å². The molecule has 1 atom stereocenters. The largest absolute Gasteiger partial charge is 0.369 e. The molecule has 1 aromatic heterocycles. The number of carbonyl (C=O) groups excluding carboxylic acids is 1. The number of nitrogens with zero attached hydrogens (tertiary/aromatic N) is 3. The number of hydrogen-bond donors (Lipinski definition) is 2. The summed E-state index contributed by atoms with van der Waals surface area (Å²) in [6.07, 6.45) is 4.50. The maximum Gasteiger partial charge on any atom is 0.262 e. The maximum atomic E-state index is 12.7. The molecule has 118 valence electrons. The topological polar surface area (TPSA) is 110 Å². The summed E-state index contributed by atoms with van der Waals surface area (Å²) in [5.41, 5.74) is 5.22. The first-order valence-electron chi connectivity index (χ1n) is 6.97. The number of primary amides is 1. The minimum Gasteiger partial charge on any atom is -0.369 e. The summed E-state index contributed by atoms with van der Waals surface area (Å²) in [6, 6.07) is -0.275. The molecule has 1 aliphatic rings. The lowest BCUT2D eigenvalue weighted by Gasteiger charge is -2.32. The van der Waals surface area contributed by atoms with Crippen molar-refractivity contribution < 1.29 is 13.2 Å². The quantitative estimate of drug-likeness (QED) is 0.709.